The van der Waals surface area contributed by atoms with E-state index in [2.05, 4.69) is 11.9 Å². The van der Waals surface area contributed by atoms with Gasteiger partial charge in [-0.25, -0.2) is 0 Å². The topological polar surface area (TPSA) is 38.5 Å². The van der Waals surface area contributed by atoms with Gasteiger partial charge < -0.3 is 15.4 Å². The van der Waals surface area contributed by atoms with Crippen LogP contribution in [0.3, 0.4) is 0 Å². The first kappa shape index (κ1) is 15.3. The Morgan fingerprint density at radius 3 is 2.53 bits per heavy atom. The van der Waals surface area contributed by atoms with Crippen LogP contribution in [0.5, 0.6) is 0 Å². The summed E-state index contributed by atoms with van der Waals surface area (Å²) in [5.41, 5.74) is 5.87. The maximum atomic E-state index is 5.97. The molecule has 19 heavy (non-hydrogen) atoms. The summed E-state index contributed by atoms with van der Waals surface area (Å²) in [7, 11) is 2.26. The van der Waals surface area contributed by atoms with Crippen molar-refractivity contribution in [3.05, 3.63) is 0 Å². The molecule has 1 saturated carbocycles. The quantitative estimate of drug-likeness (QED) is 0.753. The lowest BCUT2D eigenvalue weighted by atomic mass is 9.80. The van der Waals surface area contributed by atoms with Crippen LogP contribution in [0.1, 0.15) is 51.4 Å². The van der Waals surface area contributed by atoms with Gasteiger partial charge in [-0.2, -0.15) is 0 Å². The largest absolute Gasteiger partial charge is 0.381 e. The third-order valence-corrected chi connectivity index (χ3v) is 5.22. The van der Waals surface area contributed by atoms with Crippen LogP contribution in [0.2, 0.25) is 0 Å². The van der Waals surface area contributed by atoms with Crippen molar-refractivity contribution in [2.75, 3.05) is 33.4 Å². The second-order valence-corrected chi connectivity index (χ2v) is 6.53. The van der Waals surface area contributed by atoms with Crippen molar-refractivity contribution in [2.24, 2.45) is 17.6 Å². The summed E-state index contributed by atoms with van der Waals surface area (Å²) in [5.74, 6) is 1.44. The summed E-state index contributed by atoms with van der Waals surface area (Å²) in [6.45, 7) is 3.99. The molecule has 2 fully saturated rings. The lowest BCUT2D eigenvalue weighted by Gasteiger charge is -2.33. The molecule has 3 nitrogen and oxygen atoms in total. The zero-order chi connectivity index (χ0) is 13.5. The SMILES string of the molecule is CN1CCCCC1CCOCC1CCCCC1CN. The van der Waals surface area contributed by atoms with E-state index in [4.69, 9.17) is 10.5 Å². The molecular weight excluding hydrogens is 236 g/mol. The van der Waals surface area contributed by atoms with E-state index in [-0.39, 0.29) is 0 Å². The van der Waals surface area contributed by atoms with E-state index in [9.17, 15) is 0 Å². The summed E-state index contributed by atoms with van der Waals surface area (Å²) in [6.07, 6.45) is 10.7. The van der Waals surface area contributed by atoms with Gasteiger partial charge in [-0.05, 0) is 64.1 Å². The van der Waals surface area contributed by atoms with E-state index in [1.807, 2.05) is 0 Å². The van der Waals surface area contributed by atoms with Crippen molar-refractivity contribution < 1.29 is 4.74 Å². The first-order valence-electron chi connectivity index (χ1n) is 8.29. The average molecular weight is 268 g/mol. The Hall–Kier alpha value is -0.120. The summed E-state index contributed by atoms with van der Waals surface area (Å²) in [5, 5.41) is 0. The van der Waals surface area contributed by atoms with Gasteiger partial charge in [0.25, 0.3) is 0 Å². The molecule has 3 unspecified atom stereocenters. The van der Waals surface area contributed by atoms with Gasteiger partial charge in [-0.3, -0.25) is 0 Å². The van der Waals surface area contributed by atoms with E-state index in [1.165, 1.54) is 57.9 Å². The van der Waals surface area contributed by atoms with Crippen molar-refractivity contribution in [1.29, 1.82) is 0 Å². The molecule has 0 amide bonds. The highest BCUT2D eigenvalue weighted by atomic mass is 16.5. The third-order valence-electron chi connectivity index (χ3n) is 5.22. The van der Waals surface area contributed by atoms with Gasteiger partial charge in [0.2, 0.25) is 0 Å². The van der Waals surface area contributed by atoms with E-state index >= 15 is 0 Å². The average Bonchev–Trinajstić information content (AvgIpc) is 2.45. The van der Waals surface area contributed by atoms with Crippen molar-refractivity contribution in [1.82, 2.24) is 4.90 Å². The summed E-state index contributed by atoms with van der Waals surface area (Å²) >= 11 is 0. The Kier molecular flexibility index (Phi) is 6.62. The maximum Gasteiger partial charge on any atom is 0.0497 e. The van der Waals surface area contributed by atoms with Gasteiger partial charge in [-0.15, -0.1) is 0 Å². The van der Waals surface area contributed by atoms with E-state index in [1.54, 1.807) is 0 Å². The number of ether oxygens (including phenoxy) is 1. The predicted octanol–water partition coefficient (Wildman–Crippen LogP) is 2.64. The zero-order valence-electron chi connectivity index (χ0n) is 12.7. The molecule has 1 saturated heterocycles. The van der Waals surface area contributed by atoms with Crippen LogP contribution < -0.4 is 5.73 Å². The van der Waals surface area contributed by atoms with Crippen LogP contribution in [-0.2, 0) is 4.74 Å². The molecule has 2 N–H and O–H groups in total. The molecule has 1 aliphatic carbocycles. The first-order valence-corrected chi connectivity index (χ1v) is 8.29. The minimum Gasteiger partial charge on any atom is -0.381 e. The molecule has 2 rings (SSSR count). The van der Waals surface area contributed by atoms with Gasteiger partial charge in [0, 0.05) is 19.3 Å². The van der Waals surface area contributed by atoms with Gasteiger partial charge >= 0.3 is 0 Å². The maximum absolute atomic E-state index is 5.97. The van der Waals surface area contributed by atoms with Gasteiger partial charge in [0.15, 0.2) is 0 Å². The predicted molar refractivity (Wildman–Crippen MR) is 80.2 cm³/mol. The Morgan fingerprint density at radius 2 is 1.79 bits per heavy atom. The van der Waals surface area contributed by atoms with E-state index < -0.39 is 0 Å². The molecule has 3 heteroatoms. The fraction of sp³-hybridized carbons (Fsp3) is 1.00. The van der Waals surface area contributed by atoms with Crippen molar-refractivity contribution in [3.8, 4) is 0 Å². The number of rotatable bonds is 6. The number of hydrogen-bond donors (Lipinski definition) is 1. The minimum absolute atomic E-state index is 0.714. The van der Waals surface area contributed by atoms with Crippen LogP contribution in [0, 0.1) is 11.8 Å². The molecule has 3 atom stereocenters. The first-order chi connectivity index (χ1) is 9.31. The smallest absolute Gasteiger partial charge is 0.0497 e. The zero-order valence-corrected chi connectivity index (χ0v) is 12.7. The highest BCUT2D eigenvalue weighted by Gasteiger charge is 2.24. The number of nitrogens with zero attached hydrogens (tertiary/aromatic N) is 1. The second-order valence-electron chi connectivity index (χ2n) is 6.53. The van der Waals surface area contributed by atoms with E-state index in [0.29, 0.717) is 5.92 Å². The molecular formula is C16H32N2O. The summed E-state index contributed by atoms with van der Waals surface area (Å²) in [6, 6.07) is 0.755. The minimum atomic E-state index is 0.714. The number of piperidine rings is 1. The van der Waals surface area contributed by atoms with Crippen molar-refractivity contribution in [3.63, 3.8) is 0 Å². The molecule has 1 aliphatic heterocycles. The Balaban J connectivity index is 1.60. The van der Waals surface area contributed by atoms with Gasteiger partial charge in [-0.1, -0.05) is 19.3 Å². The van der Waals surface area contributed by atoms with Crippen molar-refractivity contribution >= 4 is 0 Å². The highest BCUT2D eigenvalue weighted by molar-refractivity contribution is 4.77. The second kappa shape index (κ2) is 8.23. The Morgan fingerprint density at radius 1 is 1.05 bits per heavy atom. The van der Waals surface area contributed by atoms with E-state index in [0.717, 1.165) is 31.7 Å². The standard InChI is InChI=1S/C16H32N2O/c1-18-10-5-4-8-16(18)9-11-19-13-15-7-3-2-6-14(15)12-17/h14-16H,2-13,17H2,1H3. The van der Waals surface area contributed by atoms with Crippen LogP contribution in [0.4, 0.5) is 0 Å². The number of nitrogens with two attached hydrogens (primary N) is 1. The fourth-order valence-electron chi connectivity index (χ4n) is 3.78. The molecule has 0 bridgehead atoms. The molecule has 112 valence electrons. The molecule has 0 aromatic carbocycles. The molecule has 0 radical (unpaired) electrons. The van der Waals surface area contributed by atoms with Crippen LogP contribution >= 0.6 is 0 Å². The lowest BCUT2D eigenvalue weighted by Crippen LogP contribution is -2.37. The van der Waals surface area contributed by atoms with Crippen molar-refractivity contribution in [2.45, 2.75) is 57.4 Å². The monoisotopic (exact) mass is 268 g/mol. The summed E-state index contributed by atoms with van der Waals surface area (Å²) < 4.78 is 5.97. The van der Waals surface area contributed by atoms with Crippen LogP contribution in [0.15, 0.2) is 0 Å². The molecule has 0 aromatic rings. The molecule has 1 heterocycles. The van der Waals surface area contributed by atoms with Gasteiger partial charge in [0.05, 0.1) is 0 Å². The summed E-state index contributed by atoms with van der Waals surface area (Å²) in [4.78, 5) is 2.51. The fourth-order valence-corrected chi connectivity index (χ4v) is 3.78. The van der Waals surface area contributed by atoms with Gasteiger partial charge in [0.1, 0.15) is 0 Å². The van der Waals surface area contributed by atoms with Crippen LogP contribution in [0.25, 0.3) is 0 Å². The Bertz CT molecular complexity index is 247. The third kappa shape index (κ3) is 4.73. The van der Waals surface area contributed by atoms with Crippen LogP contribution in [-0.4, -0.2) is 44.3 Å². The highest BCUT2D eigenvalue weighted by Crippen LogP contribution is 2.29. The molecule has 0 aromatic heterocycles. The molecule has 0 spiro atoms. The normalized spacial score (nSPS) is 33.5. The Labute approximate surface area is 118 Å². The number of hydrogen-bond acceptors (Lipinski definition) is 3. The molecule has 2 aliphatic rings. The lowest BCUT2D eigenvalue weighted by molar-refractivity contribution is 0.0442. The number of likely N-dealkylation sites (tertiary alicyclic amines) is 1.